The van der Waals surface area contributed by atoms with Crippen molar-refractivity contribution in [2.75, 3.05) is 11.4 Å². The maximum Gasteiger partial charge on any atom is 0.335 e. The number of carbonyl (C=O) groups is 2. The normalized spacial score (nSPS) is 15.8. The van der Waals surface area contributed by atoms with Crippen LogP contribution >= 0.6 is 0 Å². The number of carboxylic acid groups (broad SMARTS) is 1. The largest absolute Gasteiger partial charge is 0.478 e. The van der Waals surface area contributed by atoms with E-state index >= 15 is 0 Å². The van der Waals surface area contributed by atoms with Crippen LogP contribution in [-0.2, 0) is 9.59 Å². The molecule has 0 saturated heterocycles. The first-order valence-corrected chi connectivity index (χ1v) is 4.70. The van der Waals surface area contributed by atoms with Crippen LogP contribution in [0.2, 0.25) is 0 Å². The quantitative estimate of drug-likeness (QED) is 0.749. The van der Waals surface area contributed by atoms with Crippen LogP contribution in [0.4, 0.5) is 5.69 Å². The van der Waals surface area contributed by atoms with Gasteiger partial charge >= 0.3 is 5.97 Å². The van der Waals surface area contributed by atoms with Crippen molar-refractivity contribution in [2.45, 2.75) is 0 Å². The topological polar surface area (TPSA) is 83.6 Å². The molecule has 3 N–H and O–H groups in total. The van der Waals surface area contributed by atoms with Gasteiger partial charge in [-0.1, -0.05) is 18.2 Å². The standard InChI is InChI=1S/C11H10N2O3/c12-9-8(11(15)16)6-13(10(9)14)7-4-2-1-3-5-7/h1-5H,6,12H2,(H,15,16). The van der Waals surface area contributed by atoms with Crippen molar-refractivity contribution >= 4 is 17.6 Å². The van der Waals surface area contributed by atoms with Gasteiger partial charge in [0.1, 0.15) is 5.70 Å². The van der Waals surface area contributed by atoms with Crippen LogP contribution in [0.15, 0.2) is 41.6 Å². The summed E-state index contributed by atoms with van der Waals surface area (Å²) in [4.78, 5) is 23.9. The lowest BCUT2D eigenvalue weighted by molar-refractivity contribution is -0.132. The van der Waals surface area contributed by atoms with Gasteiger partial charge in [0.2, 0.25) is 0 Å². The van der Waals surface area contributed by atoms with Gasteiger partial charge in [0.15, 0.2) is 0 Å². The molecular formula is C11H10N2O3. The predicted molar refractivity (Wildman–Crippen MR) is 57.6 cm³/mol. The molecule has 0 fully saturated rings. The summed E-state index contributed by atoms with van der Waals surface area (Å²) in [6.07, 6.45) is 0. The first-order chi connectivity index (χ1) is 7.61. The first kappa shape index (κ1) is 10.2. The molecule has 0 radical (unpaired) electrons. The minimum Gasteiger partial charge on any atom is -0.478 e. The first-order valence-electron chi connectivity index (χ1n) is 4.70. The fourth-order valence-corrected chi connectivity index (χ4v) is 1.59. The van der Waals surface area contributed by atoms with Crippen LogP contribution in [0.5, 0.6) is 0 Å². The predicted octanol–water partition coefficient (Wildman–Crippen LogP) is 0.331. The number of nitrogens with zero attached hydrogens (tertiary/aromatic N) is 1. The summed E-state index contributed by atoms with van der Waals surface area (Å²) in [5.74, 6) is -1.60. The summed E-state index contributed by atoms with van der Waals surface area (Å²) in [6.45, 7) is 0.0179. The molecule has 1 aromatic carbocycles. The number of anilines is 1. The minimum atomic E-state index is -1.15. The Balaban J connectivity index is 2.32. The lowest BCUT2D eigenvalue weighted by Gasteiger charge is -2.15. The van der Waals surface area contributed by atoms with Crippen LogP contribution in [-0.4, -0.2) is 23.5 Å². The monoisotopic (exact) mass is 218 g/mol. The summed E-state index contributed by atoms with van der Waals surface area (Å²) in [7, 11) is 0. The molecule has 5 heteroatoms. The lowest BCUT2D eigenvalue weighted by Crippen LogP contribution is -2.28. The highest BCUT2D eigenvalue weighted by Gasteiger charge is 2.32. The highest BCUT2D eigenvalue weighted by molar-refractivity contribution is 6.14. The van der Waals surface area contributed by atoms with E-state index < -0.39 is 11.9 Å². The van der Waals surface area contributed by atoms with Gasteiger partial charge < -0.3 is 15.7 Å². The Hall–Kier alpha value is -2.30. The molecule has 0 saturated carbocycles. The van der Waals surface area contributed by atoms with Crippen molar-refractivity contribution in [3.8, 4) is 0 Å². The minimum absolute atomic E-state index is 0.0179. The number of hydrogen-bond donors (Lipinski definition) is 2. The Morgan fingerprint density at radius 2 is 1.94 bits per heavy atom. The number of amides is 1. The van der Waals surface area contributed by atoms with Crippen molar-refractivity contribution in [3.05, 3.63) is 41.6 Å². The van der Waals surface area contributed by atoms with Crippen LogP contribution < -0.4 is 10.6 Å². The molecule has 5 nitrogen and oxygen atoms in total. The number of aliphatic carboxylic acids is 1. The zero-order chi connectivity index (χ0) is 11.7. The fourth-order valence-electron chi connectivity index (χ4n) is 1.59. The third-order valence-corrected chi connectivity index (χ3v) is 2.44. The molecule has 0 atom stereocenters. The van der Waals surface area contributed by atoms with Gasteiger partial charge in [-0.2, -0.15) is 0 Å². The zero-order valence-corrected chi connectivity index (χ0v) is 8.38. The van der Waals surface area contributed by atoms with Gasteiger partial charge in [-0.25, -0.2) is 4.79 Å². The molecule has 82 valence electrons. The van der Waals surface area contributed by atoms with Gasteiger partial charge in [0.05, 0.1) is 12.1 Å². The zero-order valence-electron chi connectivity index (χ0n) is 8.38. The van der Waals surface area contributed by atoms with Gasteiger partial charge in [-0.15, -0.1) is 0 Å². The summed E-state index contributed by atoms with van der Waals surface area (Å²) in [5.41, 5.74) is 5.87. The van der Waals surface area contributed by atoms with Crippen LogP contribution in [0.3, 0.4) is 0 Å². The molecular weight excluding hydrogens is 208 g/mol. The Morgan fingerprint density at radius 1 is 1.31 bits per heavy atom. The number of para-hydroxylation sites is 1. The van der Waals surface area contributed by atoms with E-state index in [0.717, 1.165) is 0 Å². The second kappa shape index (κ2) is 3.69. The summed E-state index contributed by atoms with van der Waals surface area (Å²) < 4.78 is 0. The molecule has 0 aliphatic carbocycles. The molecule has 1 heterocycles. The summed E-state index contributed by atoms with van der Waals surface area (Å²) >= 11 is 0. The number of benzene rings is 1. The molecule has 0 spiro atoms. The van der Waals surface area contributed by atoms with E-state index in [1.165, 1.54) is 4.90 Å². The average Bonchev–Trinajstić information content (AvgIpc) is 2.58. The average molecular weight is 218 g/mol. The van der Waals surface area contributed by atoms with Gasteiger partial charge in [0, 0.05) is 5.69 Å². The molecule has 1 aromatic rings. The summed E-state index contributed by atoms with van der Waals surface area (Å²) in [5, 5.41) is 8.85. The number of carbonyl (C=O) groups excluding carboxylic acids is 1. The Morgan fingerprint density at radius 3 is 2.44 bits per heavy atom. The Bertz CT molecular complexity index is 479. The molecule has 1 aliphatic rings. The Kier molecular flexibility index (Phi) is 2.36. The van der Waals surface area contributed by atoms with Crippen molar-refractivity contribution < 1.29 is 14.7 Å². The number of hydrogen-bond acceptors (Lipinski definition) is 3. The van der Waals surface area contributed by atoms with E-state index in [2.05, 4.69) is 0 Å². The molecule has 16 heavy (non-hydrogen) atoms. The van der Waals surface area contributed by atoms with E-state index in [4.69, 9.17) is 10.8 Å². The second-order valence-corrected chi connectivity index (χ2v) is 3.42. The lowest BCUT2D eigenvalue weighted by atomic mass is 10.2. The van der Waals surface area contributed by atoms with Gasteiger partial charge in [0.25, 0.3) is 5.91 Å². The van der Waals surface area contributed by atoms with Gasteiger partial charge in [-0.3, -0.25) is 4.79 Å². The summed E-state index contributed by atoms with van der Waals surface area (Å²) in [6, 6.07) is 8.83. The van der Waals surface area contributed by atoms with E-state index in [-0.39, 0.29) is 17.8 Å². The van der Waals surface area contributed by atoms with E-state index in [0.29, 0.717) is 5.69 Å². The van der Waals surface area contributed by atoms with Crippen LogP contribution in [0, 0.1) is 0 Å². The Labute approximate surface area is 91.8 Å². The number of carboxylic acids is 1. The highest BCUT2D eigenvalue weighted by Crippen LogP contribution is 2.23. The SMILES string of the molecule is NC1=C(C(=O)O)CN(c2ccccc2)C1=O. The van der Waals surface area contributed by atoms with E-state index in [1.54, 1.807) is 24.3 Å². The molecule has 0 aromatic heterocycles. The van der Waals surface area contributed by atoms with Crippen molar-refractivity contribution in [1.82, 2.24) is 0 Å². The molecule has 2 rings (SSSR count). The van der Waals surface area contributed by atoms with Gasteiger partial charge in [-0.05, 0) is 12.1 Å². The number of nitrogens with two attached hydrogens (primary N) is 1. The highest BCUT2D eigenvalue weighted by atomic mass is 16.4. The third kappa shape index (κ3) is 1.52. The molecule has 0 unspecified atom stereocenters. The van der Waals surface area contributed by atoms with Crippen molar-refractivity contribution in [2.24, 2.45) is 5.73 Å². The van der Waals surface area contributed by atoms with Crippen molar-refractivity contribution in [3.63, 3.8) is 0 Å². The van der Waals surface area contributed by atoms with Crippen LogP contribution in [0.1, 0.15) is 0 Å². The van der Waals surface area contributed by atoms with E-state index in [9.17, 15) is 9.59 Å². The second-order valence-electron chi connectivity index (χ2n) is 3.42. The maximum absolute atomic E-state index is 11.7. The van der Waals surface area contributed by atoms with Crippen LogP contribution in [0.25, 0.3) is 0 Å². The molecule has 0 bridgehead atoms. The maximum atomic E-state index is 11.7. The smallest absolute Gasteiger partial charge is 0.335 e. The third-order valence-electron chi connectivity index (χ3n) is 2.44. The fraction of sp³-hybridized carbons (Fsp3) is 0.0909. The van der Waals surface area contributed by atoms with E-state index in [1.807, 2.05) is 6.07 Å². The molecule has 1 amide bonds. The molecule has 1 aliphatic heterocycles. The number of rotatable bonds is 2. The van der Waals surface area contributed by atoms with Crippen molar-refractivity contribution in [1.29, 1.82) is 0 Å².